The zero-order chi connectivity index (χ0) is 19.5. The van der Waals surface area contributed by atoms with Crippen molar-refractivity contribution in [3.05, 3.63) is 12.2 Å². The smallest absolute Gasteiger partial charge is 0.303 e. The number of unbranched alkanes of at least 4 members (excludes halogenated alkanes) is 3. The van der Waals surface area contributed by atoms with Crippen LogP contribution in [0.1, 0.15) is 78.1 Å². The Hall–Kier alpha value is -0.580. The highest BCUT2D eigenvalue weighted by Crippen LogP contribution is 2.43. The number of halogens is 1. The Morgan fingerprint density at radius 1 is 1.15 bits per heavy atom. The van der Waals surface area contributed by atoms with Gasteiger partial charge in [-0.3, -0.25) is 4.79 Å². The SMILES string of the molecule is C[C@@H]1C[C@@H](Cl)[C@H](CCCCCCC(=O)O)[C@H]1/C=C/[C@@H](O)CCC[C@@H](C)O. The molecule has 0 unspecified atom stereocenters. The van der Waals surface area contributed by atoms with Crippen LogP contribution in [0.25, 0.3) is 0 Å². The van der Waals surface area contributed by atoms with Crippen molar-refractivity contribution in [2.45, 2.75) is 95.6 Å². The zero-order valence-corrected chi connectivity index (χ0v) is 17.1. The number of aliphatic hydroxyl groups is 2. The van der Waals surface area contributed by atoms with Crippen LogP contribution in [0.3, 0.4) is 0 Å². The number of carboxylic acids is 1. The Morgan fingerprint density at radius 2 is 1.85 bits per heavy atom. The van der Waals surface area contributed by atoms with E-state index in [-0.39, 0.29) is 17.9 Å². The van der Waals surface area contributed by atoms with Gasteiger partial charge in [0.05, 0.1) is 12.2 Å². The van der Waals surface area contributed by atoms with Gasteiger partial charge in [-0.2, -0.15) is 0 Å². The third-order valence-electron chi connectivity index (χ3n) is 5.57. The fourth-order valence-corrected chi connectivity index (χ4v) is 4.62. The van der Waals surface area contributed by atoms with Crippen molar-refractivity contribution in [3.63, 3.8) is 0 Å². The summed E-state index contributed by atoms with van der Waals surface area (Å²) in [4.78, 5) is 10.5. The molecule has 0 aromatic carbocycles. The van der Waals surface area contributed by atoms with E-state index >= 15 is 0 Å². The van der Waals surface area contributed by atoms with Crippen molar-refractivity contribution in [2.75, 3.05) is 0 Å². The number of carboxylic acid groups (broad SMARTS) is 1. The summed E-state index contributed by atoms with van der Waals surface area (Å²) in [5.74, 6) is 0.651. The lowest BCUT2D eigenvalue weighted by molar-refractivity contribution is -0.137. The molecule has 1 aliphatic rings. The maximum absolute atomic E-state index is 10.5. The van der Waals surface area contributed by atoms with Gasteiger partial charge in [-0.05, 0) is 63.2 Å². The molecule has 26 heavy (non-hydrogen) atoms. The number of hydrogen-bond acceptors (Lipinski definition) is 3. The molecule has 0 radical (unpaired) electrons. The first kappa shape index (κ1) is 23.5. The summed E-state index contributed by atoms with van der Waals surface area (Å²) in [6.07, 6.45) is 11.7. The minimum Gasteiger partial charge on any atom is -0.481 e. The van der Waals surface area contributed by atoms with Crippen molar-refractivity contribution in [2.24, 2.45) is 17.8 Å². The zero-order valence-electron chi connectivity index (χ0n) is 16.3. The summed E-state index contributed by atoms with van der Waals surface area (Å²) in [5, 5.41) is 28.3. The van der Waals surface area contributed by atoms with Gasteiger partial charge >= 0.3 is 5.97 Å². The number of aliphatic carboxylic acids is 1. The van der Waals surface area contributed by atoms with Crippen LogP contribution in [0.5, 0.6) is 0 Å². The number of aliphatic hydroxyl groups excluding tert-OH is 2. The highest BCUT2D eigenvalue weighted by atomic mass is 35.5. The van der Waals surface area contributed by atoms with Crippen molar-refractivity contribution in [1.29, 1.82) is 0 Å². The first-order valence-corrected chi connectivity index (χ1v) is 10.6. The molecule has 1 rings (SSSR count). The molecule has 0 aromatic rings. The molecule has 0 saturated heterocycles. The maximum atomic E-state index is 10.5. The van der Waals surface area contributed by atoms with Crippen LogP contribution < -0.4 is 0 Å². The number of allylic oxidation sites excluding steroid dienone is 1. The second-order valence-electron chi connectivity index (χ2n) is 8.05. The molecule has 152 valence electrons. The molecule has 1 fully saturated rings. The van der Waals surface area contributed by atoms with Gasteiger partial charge in [0, 0.05) is 11.8 Å². The Morgan fingerprint density at radius 3 is 2.50 bits per heavy atom. The molecule has 6 atom stereocenters. The second kappa shape index (κ2) is 12.7. The minimum absolute atomic E-state index is 0.186. The predicted octanol–water partition coefficient (Wildman–Crippen LogP) is 4.76. The Labute approximate surface area is 163 Å². The van der Waals surface area contributed by atoms with E-state index in [0.29, 0.717) is 24.2 Å². The molecular formula is C21H37ClO4. The Kier molecular flexibility index (Phi) is 11.5. The molecule has 4 nitrogen and oxygen atoms in total. The number of carbonyl (C=O) groups is 1. The molecule has 0 heterocycles. The first-order valence-electron chi connectivity index (χ1n) is 10.2. The summed E-state index contributed by atoms with van der Waals surface area (Å²) in [7, 11) is 0. The van der Waals surface area contributed by atoms with Crippen LogP contribution in [0.4, 0.5) is 0 Å². The molecule has 0 bridgehead atoms. The maximum Gasteiger partial charge on any atom is 0.303 e. The summed E-state index contributed by atoms with van der Waals surface area (Å²) < 4.78 is 0. The molecule has 3 N–H and O–H groups in total. The Balaban J connectivity index is 2.38. The molecule has 1 saturated carbocycles. The summed E-state index contributed by atoms with van der Waals surface area (Å²) in [5.41, 5.74) is 0. The predicted molar refractivity (Wildman–Crippen MR) is 106 cm³/mol. The van der Waals surface area contributed by atoms with E-state index in [1.807, 2.05) is 6.08 Å². The van der Waals surface area contributed by atoms with E-state index in [1.54, 1.807) is 6.92 Å². The molecule has 0 spiro atoms. The monoisotopic (exact) mass is 388 g/mol. The fraction of sp³-hybridized carbons (Fsp3) is 0.857. The van der Waals surface area contributed by atoms with Crippen LogP contribution in [-0.4, -0.2) is 38.9 Å². The number of hydrogen-bond donors (Lipinski definition) is 3. The Bertz CT molecular complexity index is 424. The van der Waals surface area contributed by atoms with Crippen LogP contribution in [-0.2, 0) is 4.79 Å². The average molecular weight is 389 g/mol. The average Bonchev–Trinajstić information content (AvgIpc) is 2.81. The van der Waals surface area contributed by atoms with Crippen LogP contribution in [0.2, 0.25) is 0 Å². The normalized spacial score (nSPS) is 28.5. The van der Waals surface area contributed by atoms with Gasteiger partial charge in [0.1, 0.15) is 0 Å². The van der Waals surface area contributed by atoms with E-state index in [2.05, 4.69) is 13.0 Å². The van der Waals surface area contributed by atoms with Gasteiger partial charge in [-0.1, -0.05) is 38.3 Å². The van der Waals surface area contributed by atoms with E-state index in [0.717, 1.165) is 51.4 Å². The highest BCUT2D eigenvalue weighted by molar-refractivity contribution is 6.21. The molecule has 1 aliphatic carbocycles. The van der Waals surface area contributed by atoms with E-state index in [9.17, 15) is 15.0 Å². The molecule has 0 aromatic heterocycles. The lowest BCUT2D eigenvalue weighted by Gasteiger charge is -2.21. The van der Waals surface area contributed by atoms with Gasteiger partial charge in [0.25, 0.3) is 0 Å². The van der Waals surface area contributed by atoms with E-state index in [1.165, 1.54) is 0 Å². The fourth-order valence-electron chi connectivity index (χ4n) is 4.04. The van der Waals surface area contributed by atoms with E-state index in [4.69, 9.17) is 16.7 Å². The number of rotatable bonds is 13. The molecular weight excluding hydrogens is 352 g/mol. The third kappa shape index (κ3) is 9.38. The molecule has 0 aliphatic heterocycles. The van der Waals surface area contributed by atoms with Gasteiger partial charge in [-0.25, -0.2) is 0 Å². The molecule has 0 amide bonds. The van der Waals surface area contributed by atoms with E-state index < -0.39 is 12.1 Å². The number of alkyl halides is 1. The lowest BCUT2D eigenvalue weighted by atomic mass is 9.86. The minimum atomic E-state index is -0.715. The van der Waals surface area contributed by atoms with Crippen molar-refractivity contribution in [3.8, 4) is 0 Å². The summed E-state index contributed by atoms with van der Waals surface area (Å²) in [6.45, 7) is 4.01. The van der Waals surface area contributed by atoms with Gasteiger partial charge in [0.15, 0.2) is 0 Å². The molecule has 5 heteroatoms. The quantitative estimate of drug-likeness (QED) is 0.241. The standard InChI is InChI=1S/C21H37ClO4/c1-15-14-20(22)19(10-5-3-4-6-11-21(25)26)18(15)13-12-17(24)9-7-8-16(2)23/h12-13,15-20,23-24H,3-11,14H2,1-2H3,(H,25,26)/b13-12+/t15-,16-,17+,18+,19-,20-/m1/s1. The van der Waals surface area contributed by atoms with Gasteiger partial charge in [0.2, 0.25) is 0 Å². The van der Waals surface area contributed by atoms with Crippen LogP contribution in [0, 0.1) is 17.8 Å². The topological polar surface area (TPSA) is 77.8 Å². The third-order valence-corrected chi connectivity index (χ3v) is 6.07. The summed E-state index contributed by atoms with van der Waals surface area (Å²) >= 11 is 6.58. The van der Waals surface area contributed by atoms with Crippen molar-refractivity contribution < 1.29 is 20.1 Å². The summed E-state index contributed by atoms with van der Waals surface area (Å²) in [6, 6.07) is 0. The van der Waals surface area contributed by atoms with Crippen molar-refractivity contribution >= 4 is 17.6 Å². The highest BCUT2D eigenvalue weighted by Gasteiger charge is 2.38. The van der Waals surface area contributed by atoms with Crippen LogP contribution in [0.15, 0.2) is 12.2 Å². The largest absolute Gasteiger partial charge is 0.481 e. The van der Waals surface area contributed by atoms with Gasteiger partial charge in [-0.15, -0.1) is 11.6 Å². The lowest BCUT2D eigenvalue weighted by Crippen LogP contribution is -2.16. The van der Waals surface area contributed by atoms with Crippen LogP contribution >= 0.6 is 11.6 Å². The van der Waals surface area contributed by atoms with Crippen molar-refractivity contribution in [1.82, 2.24) is 0 Å². The first-order chi connectivity index (χ1) is 12.3. The second-order valence-corrected chi connectivity index (χ2v) is 8.61. The van der Waals surface area contributed by atoms with Gasteiger partial charge < -0.3 is 15.3 Å².